The molecule has 1 aliphatic carbocycles. The van der Waals surface area contributed by atoms with Crippen LogP contribution in [0.2, 0.25) is 5.02 Å². The van der Waals surface area contributed by atoms with Gasteiger partial charge < -0.3 is 19.7 Å². The zero-order chi connectivity index (χ0) is 39.9. The second-order valence-corrected chi connectivity index (χ2v) is 16.2. The van der Waals surface area contributed by atoms with Gasteiger partial charge in [-0.3, -0.25) is 39.1 Å². The normalized spacial score (nSPS) is 22.8. The molecular formula is C40H43ClN8O7. The molecule has 0 spiro atoms. The van der Waals surface area contributed by atoms with E-state index >= 15 is 0 Å². The van der Waals surface area contributed by atoms with Crippen molar-refractivity contribution in [3.63, 3.8) is 0 Å². The number of piperazine rings is 1. The standard InChI is InChI=1S/C40H43ClN8O7/c1-39(2)37(40(3,4)38(39)56-25-7-6-23(20-42)28(41)19-25)46-33(51)29-21-44-31(22-43-29)48-15-13-47(14-16-48)12-5-17-55-24-8-9-26-27(18-24)36(54)49(35(26)53)30-10-11-32(50)45-34(30)52/h6-9,18-19,21-22,30,37-38H,5,10-17H2,1-4H3,(H,46,51)(H,45,50,52). The highest BCUT2D eigenvalue weighted by Crippen LogP contribution is 2.55. The summed E-state index contributed by atoms with van der Waals surface area (Å²) in [7, 11) is 0. The highest BCUT2D eigenvalue weighted by atomic mass is 35.5. The molecule has 1 saturated carbocycles. The highest BCUT2D eigenvalue weighted by molar-refractivity contribution is 6.31. The van der Waals surface area contributed by atoms with Crippen molar-refractivity contribution in [1.82, 2.24) is 30.4 Å². The molecule has 3 aromatic rings. The monoisotopic (exact) mass is 782 g/mol. The minimum Gasteiger partial charge on any atom is -0.494 e. The van der Waals surface area contributed by atoms with Gasteiger partial charge in [-0.15, -0.1) is 0 Å². The molecule has 7 rings (SSSR count). The fourth-order valence-electron chi connectivity index (χ4n) is 8.62. The predicted molar refractivity (Wildman–Crippen MR) is 203 cm³/mol. The smallest absolute Gasteiger partial charge is 0.271 e. The average molecular weight is 783 g/mol. The maximum Gasteiger partial charge on any atom is 0.271 e. The topological polar surface area (TPSA) is 187 Å². The molecule has 2 aromatic carbocycles. The van der Waals surface area contributed by atoms with Crippen LogP contribution in [0.25, 0.3) is 0 Å². The van der Waals surface area contributed by atoms with Crippen LogP contribution in [0.1, 0.15) is 83.7 Å². The summed E-state index contributed by atoms with van der Waals surface area (Å²) >= 11 is 6.22. The number of ether oxygens (including phenoxy) is 2. The van der Waals surface area contributed by atoms with Gasteiger partial charge in [0.15, 0.2) is 0 Å². The van der Waals surface area contributed by atoms with E-state index in [1.807, 2.05) is 27.7 Å². The number of hydrogen-bond acceptors (Lipinski definition) is 12. The molecule has 2 N–H and O–H groups in total. The fraction of sp³-hybridized carbons (Fsp3) is 0.450. The number of hydrogen-bond donors (Lipinski definition) is 2. The molecule has 2 saturated heterocycles. The van der Waals surface area contributed by atoms with Crippen LogP contribution in [0.5, 0.6) is 11.5 Å². The lowest BCUT2D eigenvalue weighted by atomic mass is 9.49. The maximum absolute atomic E-state index is 13.3. The van der Waals surface area contributed by atoms with Crippen LogP contribution < -0.4 is 25.0 Å². The molecule has 1 aromatic heterocycles. The van der Waals surface area contributed by atoms with Crippen molar-refractivity contribution in [3.05, 3.63) is 76.2 Å². The Morgan fingerprint density at radius 3 is 2.34 bits per heavy atom. The minimum absolute atomic E-state index is 0.0623. The Morgan fingerprint density at radius 2 is 1.68 bits per heavy atom. The summed E-state index contributed by atoms with van der Waals surface area (Å²) in [5.41, 5.74) is 0.182. The van der Waals surface area contributed by atoms with Gasteiger partial charge in [-0.05, 0) is 43.2 Å². The van der Waals surface area contributed by atoms with Crippen LogP contribution in [0.4, 0.5) is 5.82 Å². The zero-order valence-corrected chi connectivity index (χ0v) is 32.4. The van der Waals surface area contributed by atoms with Crippen LogP contribution in [0.3, 0.4) is 0 Å². The van der Waals surface area contributed by atoms with Gasteiger partial charge in [-0.2, -0.15) is 5.26 Å². The van der Waals surface area contributed by atoms with E-state index in [4.69, 9.17) is 21.1 Å². The average Bonchev–Trinajstić information content (AvgIpc) is 3.42. The number of rotatable bonds is 11. The third kappa shape index (κ3) is 7.26. The molecule has 1 unspecified atom stereocenters. The van der Waals surface area contributed by atoms with Gasteiger partial charge in [0.25, 0.3) is 17.7 Å². The number of piperidine rings is 1. The molecule has 3 aliphatic heterocycles. The number of nitriles is 1. The van der Waals surface area contributed by atoms with E-state index in [2.05, 4.69) is 36.5 Å². The lowest BCUT2D eigenvalue weighted by Gasteiger charge is -2.63. The molecule has 4 aliphatic rings. The number of aromatic nitrogens is 2. The summed E-state index contributed by atoms with van der Waals surface area (Å²) in [6.45, 7) is 12.5. The molecule has 0 bridgehead atoms. The highest BCUT2D eigenvalue weighted by Gasteiger charge is 2.64. The maximum atomic E-state index is 13.3. The Hall–Kier alpha value is -5.59. The number of carbonyl (C=O) groups is 5. The van der Waals surface area contributed by atoms with Gasteiger partial charge in [0, 0.05) is 62.1 Å². The Balaban J connectivity index is 0.847. The number of nitrogens with zero attached hydrogens (tertiary/aromatic N) is 6. The van der Waals surface area contributed by atoms with Crippen molar-refractivity contribution < 1.29 is 33.4 Å². The number of imide groups is 2. The van der Waals surface area contributed by atoms with Crippen molar-refractivity contribution in [2.45, 2.75) is 65.1 Å². The molecule has 4 heterocycles. The molecule has 5 amide bonds. The number of carbonyl (C=O) groups excluding carboxylic acids is 5. The first-order valence-electron chi connectivity index (χ1n) is 18.6. The van der Waals surface area contributed by atoms with E-state index in [0.717, 1.165) is 44.0 Å². The number of fused-ring (bicyclic) bond motifs is 1. The van der Waals surface area contributed by atoms with Gasteiger partial charge in [0.2, 0.25) is 11.8 Å². The second-order valence-electron chi connectivity index (χ2n) is 15.7. The second kappa shape index (κ2) is 15.2. The van der Waals surface area contributed by atoms with E-state index in [1.54, 1.807) is 30.5 Å². The third-order valence-corrected chi connectivity index (χ3v) is 11.6. The lowest BCUT2D eigenvalue weighted by Crippen LogP contribution is -2.74. The number of amides is 5. The fourth-order valence-corrected chi connectivity index (χ4v) is 8.83. The van der Waals surface area contributed by atoms with E-state index in [-0.39, 0.29) is 47.7 Å². The molecule has 56 heavy (non-hydrogen) atoms. The molecule has 1 atom stereocenters. The number of halogens is 1. The van der Waals surface area contributed by atoms with E-state index in [9.17, 15) is 29.2 Å². The molecular weight excluding hydrogens is 740 g/mol. The lowest BCUT2D eigenvalue weighted by molar-refractivity contribution is -0.164. The largest absolute Gasteiger partial charge is 0.494 e. The predicted octanol–water partition coefficient (Wildman–Crippen LogP) is 3.61. The van der Waals surface area contributed by atoms with Crippen LogP contribution in [-0.4, -0.2) is 107 Å². The van der Waals surface area contributed by atoms with E-state index in [0.29, 0.717) is 34.5 Å². The first kappa shape index (κ1) is 38.7. The van der Waals surface area contributed by atoms with Gasteiger partial charge >= 0.3 is 0 Å². The van der Waals surface area contributed by atoms with Gasteiger partial charge in [0.1, 0.15) is 41.2 Å². The van der Waals surface area contributed by atoms with Crippen LogP contribution in [-0.2, 0) is 9.59 Å². The molecule has 292 valence electrons. The molecule has 15 nitrogen and oxygen atoms in total. The summed E-state index contributed by atoms with van der Waals surface area (Å²) in [5, 5.41) is 14.9. The van der Waals surface area contributed by atoms with Crippen LogP contribution in [0, 0.1) is 22.2 Å². The Morgan fingerprint density at radius 1 is 0.964 bits per heavy atom. The Labute approximate surface area is 329 Å². The molecule has 3 fully saturated rings. The minimum atomic E-state index is -1.01. The van der Waals surface area contributed by atoms with Crippen molar-refractivity contribution in [1.29, 1.82) is 5.26 Å². The van der Waals surface area contributed by atoms with Gasteiger partial charge in [-0.25, -0.2) is 9.97 Å². The molecule has 0 radical (unpaired) electrons. The first-order valence-corrected chi connectivity index (χ1v) is 19.0. The number of nitrogens with one attached hydrogen (secondary N) is 2. The summed E-state index contributed by atoms with van der Waals surface area (Å²) in [5.74, 6) is -0.772. The van der Waals surface area contributed by atoms with Gasteiger partial charge in [0.05, 0.1) is 40.7 Å². The van der Waals surface area contributed by atoms with Crippen LogP contribution >= 0.6 is 11.6 Å². The summed E-state index contributed by atoms with van der Waals surface area (Å²) in [6, 6.07) is 10.6. The number of benzene rings is 2. The summed E-state index contributed by atoms with van der Waals surface area (Å²) < 4.78 is 12.3. The summed E-state index contributed by atoms with van der Waals surface area (Å²) in [4.78, 5) is 77.7. The molecule has 16 heteroatoms. The number of anilines is 1. The SMILES string of the molecule is CC1(C)C(NC(=O)c2cnc(N3CCN(CCCOc4ccc5c(c4)C(=O)N(C4CCC(=O)NC4=O)C5=O)CC3)cn2)C(C)(C)C1Oc1ccc(C#N)c(Cl)c1. The van der Waals surface area contributed by atoms with Crippen molar-refractivity contribution in [2.75, 3.05) is 44.2 Å². The van der Waals surface area contributed by atoms with E-state index in [1.165, 1.54) is 18.3 Å². The van der Waals surface area contributed by atoms with Gasteiger partial charge in [-0.1, -0.05) is 39.3 Å². The third-order valence-electron chi connectivity index (χ3n) is 11.3. The van der Waals surface area contributed by atoms with E-state index < -0.39 is 40.5 Å². The Bertz CT molecular complexity index is 2110. The quantitative estimate of drug-likeness (QED) is 0.213. The van der Waals surface area contributed by atoms with Crippen LogP contribution in [0.15, 0.2) is 48.8 Å². The van der Waals surface area contributed by atoms with Crippen molar-refractivity contribution >= 4 is 47.0 Å². The van der Waals surface area contributed by atoms with Crippen molar-refractivity contribution in [3.8, 4) is 17.6 Å². The Kier molecular flexibility index (Phi) is 10.5. The zero-order valence-electron chi connectivity index (χ0n) is 31.6. The first-order chi connectivity index (χ1) is 26.7. The summed E-state index contributed by atoms with van der Waals surface area (Å²) in [6.07, 6.45) is 3.82. The van der Waals surface area contributed by atoms with Crippen molar-refractivity contribution in [2.24, 2.45) is 10.8 Å².